The van der Waals surface area contributed by atoms with Gasteiger partial charge in [-0.05, 0) is 44.0 Å². The van der Waals surface area contributed by atoms with Gasteiger partial charge in [0.05, 0.1) is 0 Å². The van der Waals surface area contributed by atoms with Crippen LogP contribution in [0.15, 0.2) is 47.4 Å². The Balaban J connectivity index is 2.12. The summed E-state index contributed by atoms with van der Waals surface area (Å²) < 4.78 is 0. The number of nitrogens with one attached hydrogen (secondary N) is 1. The van der Waals surface area contributed by atoms with Crippen LogP contribution in [-0.4, -0.2) is 35.1 Å². The molecule has 0 aliphatic carbocycles. The number of halogens is 2. The van der Waals surface area contributed by atoms with Crippen molar-refractivity contribution in [1.29, 1.82) is 0 Å². The van der Waals surface area contributed by atoms with Crippen molar-refractivity contribution in [2.75, 3.05) is 12.3 Å². The third-order valence-electron chi connectivity index (χ3n) is 4.85. The van der Waals surface area contributed by atoms with Gasteiger partial charge in [0.15, 0.2) is 0 Å². The van der Waals surface area contributed by atoms with Crippen molar-refractivity contribution < 1.29 is 9.59 Å². The van der Waals surface area contributed by atoms with Crippen molar-refractivity contribution in [3.63, 3.8) is 0 Å². The smallest absolute Gasteiger partial charge is 0.242 e. The van der Waals surface area contributed by atoms with E-state index in [4.69, 9.17) is 23.2 Å². The first-order chi connectivity index (χ1) is 14.7. The molecule has 168 valence electrons. The van der Waals surface area contributed by atoms with Gasteiger partial charge >= 0.3 is 0 Å². The van der Waals surface area contributed by atoms with E-state index >= 15 is 0 Å². The standard InChI is InChI=1S/C24H30Cl2N2O2S/c1-16(2)14-27-24(30)18(4)28(15-20-21(25)6-5-7-22(20)26)23(29)12-13-31-19-10-8-17(3)9-11-19/h5-11,16,18H,12-15H2,1-4H3,(H,27,30). The molecule has 0 heterocycles. The Morgan fingerprint density at radius 2 is 1.65 bits per heavy atom. The summed E-state index contributed by atoms with van der Waals surface area (Å²) in [5.41, 5.74) is 1.85. The Morgan fingerprint density at radius 1 is 1.03 bits per heavy atom. The third-order valence-corrected chi connectivity index (χ3v) is 6.57. The van der Waals surface area contributed by atoms with E-state index in [0.29, 0.717) is 40.2 Å². The largest absolute Gasteiger partial charge is 0.354 e. The fourth-order valence-electron chi connectivity index (χ4n) is 2.92. The summed E-state index contributed by atoms with van der Waals surface area (Å²) in [6, 6.07) is 12.8. The van der Waals surface area contributed by atoms with Crippen molar-refractivity contribution in [3.8, 4) is 0 Å². The van der Waals surface area contributed by atoms with Crippen LogP contribution < -0.4 is 5.32 Å². The van der Waals surface area contributed by atoms with Gasteiger partial charge in [-0.3, -0.25) is 9.59 Å². The molecule has 0 aliphatic heterocycles. The van der Waals surface area contributed by atoms with Gasteiger partial charge in [0, 0.05) is 45.8 Å². The summed E-state index contributed by atoms with van der Waals surface area (Å²) in [5, 5.41) is 3.88. The van der Waals surface area contributed by atoms with Crippen molar-refractivity contribution in [2.45, 2.75) is 51.6 Å². The lowest BCUT2D eigenvalue weighted by Crippen LogP contribution is -2.48. The van der Waals surface area contributed by atoms with Gasteiger partial charge in [-0.2, -0.15) is 0 Å². The second-order valence-corrected chi connectivity index (χ2v) is 9.93. The van der Waals surface area contributed by atoms with Crippen molar-refractivity contribution >= 4 is 46.8 Å². The topological polar surface area (TPSA) is 49.4 Å². The number of thioether (sulfide) groups is 1. The van der Waals surface area contributed by atoms with Crippen LogP contribution in [0.5, 0.6) is 0 Å². The summed E-state index contributed by atoms with van der Waals surface area (Å²) in [7, 11) is 0. The Morgan fingerprint density at radius 3 is 2.23 bits per heavy atom. The second-order valence-electron chi connectivity index (χ2n) is 7.95. The van der Waals surface area contributed by atoms with Crippen LogP contribution >= 0.6 is 35.0 Å². The molecule has 2 aromatic carbocycles. The zero-order valence-electron chi connectivity index (χ0n) is 18.5. The molecule has 7 heteroatoms. The molecule has 2 rings (SSSR count). The molecule has 2 aromatic rings. The fourth-order valence-corrected chi connectivity index (χ4v) is 4.28. The van der Waals surface area contributed by atoms with Crippen LogP contribution in [0.1, 0.15) is 38.3 Å². The van der Waals surface area contributed by atoms with Gasteiger partial charge < -0.3 is 10.2 Å². The van der Waals surface area contributed by atoms with Gasteiger partial charge in [0.1, 0.15) is 6.04 Å². The van der Waals surface area contributed by atoms with E-state index in [0.717, 1.165) is 4.90 Å². The van der Waals surface area contributed by atoms with E-state index in [-0.39, 0.29) is 18.4 Å². The SMILES string of the molecule is Cc1ccc(SCCC(=O)N(Cc2c(Cl)cccc2Cl)C(C)C(=O)NCC(C)C)cc1. The summed E-state index contributed by atoms with van der Waals surface area (Å²) >= 11 is 14.3. The molecule has 0 aliphatic rings. The number of carbonyl (C=O) groups excluding carboxylic acids is 2. The van der Waals surface area contributed by atoms with Gasteiger partial charge in [-0.25, -0.2) is 0 Å². The van der Waals surface area contributed by atoms with Crippen LogP contribution in [0.2, 0.25) is 10.0 Å². The molecule has 0 saturated heterocycles. The van der Waals surface area contributed by atoms with Crippen LogP contribution in [0.3, 0.4) is 0 Å². The molecule has 0 saturated carbocycles. The molecule has 31 heavy (non-hydrogen) atoms. The Labute approximate surface area is 199 Å². The number of nitrogens with zero attached hydrogens (tertiary/aromatic N) is 1. The van der Waals surface area contributed by atoms with Crippen LogP contribution in [0, 0.1) is 12.8 Å². The molecule has 0 aromatic heterocycles. The monoisotopic (exact) mass is 480 g/mol. The molecule has 0 spiro atoms. The van der Waals surface area contributed by atoms with Crippen molar-refractivity contribution in [3.05, 3.63) is 63.6 Å². The second kappa shape index (κ2) is 12.4. The summed E-state index contributed by atoms with van der Waals surface area (Å²) in [4.78, 5) is 28.5. The molecule has 0 radical (unpaired) electrons. The van der Waals surface area contributed by atoms with Crippen molar-refractivity contribution in [1.82, 2.24) is 10.2 Å². The zero-order valence-corrected chi connectivity index (χ0v) is 20.8. The van der Waals surface area contributed by atoms with Gasteiger partial charge in [-0.1, -0.05) is 60.8 Å². The highest BCUT2D eigenvalue weighted by molar-refractivity contribution is 7.99. The van der Waals surface area contributed by atoms with E-state index < -0.39 is 6.04 Å². The van der Waals surface area contributed by atoms with E-state index in [1.807, 2.05) is 32.9 Å². The van der Waals surface area contributed by atoms with E-state index in [1.54, 1.807) is 41.8 Å². The van der Waals surface area contributed by atoms with Gasteiger partial charge in [-0.15, -0.1) is 11.8 Å². The maximum Gasteiger partial charge on any atom is 0.242 e. The molecule has 2 amide bonds. The minimum absolute atomic E-state index is 0.109. The van der Waals surface area contributed by atoms with E-state index in [1.165, 1.54) is 5.56 Å². The highest BCUT2D eigenvalue weighted by atomic mass is 35.5. The number of rotatable bonds is 10. The third kappa shape index (κ3) is 8.06. The summed E-state index contributed by atoms with van der Waals surface area (Å²) in [6.45, 7) is 8.58. The number of aryl methyl sites for hydroxylation is 1. The molecule has 4 nitrogen and oxygen atoms in total. The Bertz CT molecular complexity index is 867. The van der Waals surface area contributed by atoms with Gasteiger partial charge in [0.2, 0.25) is 11.8 Å². The van der Waals surface area contributed by atoms with E-state index in [9.17, 15) is 9.59 Å². The lowest BCUT2D eigenvalue weighted by Gasteiger charge is -2.29. The summed E-state index contributed by atoms with van der Waals surface area (Å²) in [6.07, 6.45) is 0.308. The minimum Gasteiger partial charge on any atom is -0.354 e. The number of hydrogen-bond donors (Lipinski definition) is 1. The number of amides is 2. The molecule has 0 fully saturated rings. The first-order valence-corrected chi connectivity index (χ1v) is 12.1. The normalized spacial score (nSPS) is 12.0. The highest BCUT2D eigenvalue weighted by Gasteiger charge is 2.27. The van der Waals surface area contributed by atoms with Gasteiger partial charge in [0.25, 0.3) is 0 Å². The first-order valence-electron chi connectivity index (χ1n) is 10.4. The molecule has 0 bridgehead atoms. The Hall–Kier alpha value is -1.69. The van der Waals surface area contributed by atoms with Crippen molar-refractivity contribution in [2.24, 2.45) is 5.92 Å². The predicted molar refractivity (Wildman–Crippen MR) is 131 cm³/mol. The number of benzene rings is 2. The maximum atomic E-state index is 13.1. The molecular formula is C24H30Cl2N2O2S. The summed E-state index contributed by atoms with van der Waals surface area (Å²) in [5.74, 6) is 0.651. The fraction of sp³-hybridized carbons (Fsp3) is 0.417. The lowest BCUT2D eigenvalue weighted by atomic mass is 10.1. The van der Waals surface area contributed by atoms with Crippen LogP contribution in [-0.2, 0) is 16.1 Å². The number of hydrogen-bond acceptors (Lipinski definition) is 3. The lowest BCUT2D eigenvalue weighted by molar-refractivity contribution is -0.140. The Kier molecular flexibility index (Phi) is 10.2. The molecule has 1 unspecified atom stereocenters. The predicted octanol–water partition coefficient (Wildman–Crippen LogP) is 5.97. The highest BCUT2D eigenvalue weighted by Crippen LogP contribution is 2.27. The minimum atomic E-state index is -0.636. The zero-order chi connectivity index (χ0) is 23.0. The molecule has 1 N–H and O–H groups in total. The molecular weight excluding hydrogens is 451 g/mol. The van der Waals surface area contributed by atoms with E-state index in [2.05, 4.69) is 17.4 Å². The maximum absolute atomic E-state index is 13.1. The average molecular weight is 481 g/mol. The quantitative estimate of drug-likeness (QED) is 0.425. The van der Waals surface area contributed by atoms with Crippen LogP contribution in [0.4, 0.5) is 0 Å². The average Bonchev–Trinajstić information content (AvgIpc) is 2.72. The number of carbonyl (C=O) groups is 2. The van der Waals surface area contributed by atoms with Crippen LogP contribution in [0.25, 0.3) is 0 Å². The molecule has 1 atom stereocenters. The first kappa shape index (κ1) is 25.6.